The zero-order valence-corrected chi connectivity index (χ0v) is 29.7. The zero-order chi connectivity index (χ0) is 36.7. The van der Waals surface area contributed by atoms with Crippen molar-refractivity contribution in [1.29, 1.82) is 0 Å². The van der Waals surface area contributed by atoms with Gasteiger partial charge in [0.1, 0.15) is 17.9 Å². The lowest BCUT2D eigenvalue weighted by Crippen LogP contribution is -2.55. The molecule has 4 rings (SSSR count). The Bertz CT molecular complexity index is 1470. The number of ether oxygens (including phenoxy) is 1. The minimum absolute atomic E-state index is 0.115. The van der Waals surface area contributed by atoms with Gasteiger partial charge in [-0.25, -0.2) is 9.38 Å². The van der Waals surface area contributed by atoms with E-state index in [4.69, 9.17) is 4.74 Å². The van der Waals surface area contributed by atoms with Gasteiger partial charge in [0.25, 0.3) is 11.9 Å². The van der Waals surface area contributed by atoms with Crippen LogP contribution in [-0.2, 0) is 23.9 Å². The lowest BCUT2D eigenvalue weighted by molar-refractivity contribution is -0.144. The molecule has 4 amide bonds. The second-order valence-corrected chi connectivity index (χ2v) is 13.7. The maximum Gasteiger partial charge on any atom is 0.349 e. The fourth-order valence-corrected chi connectivity index (χ4v) is 6.60. The van der Waals surface area contributed by atoms with E-state index in [9.17, 15) is 19.2 Å². The van der Waals surface area contributed by atoms with E-state index >= 15 is 13.2 Å². The van der Waals surface area contributed by atoms with Crippen LogP contribution in [0.2, 0.25) is 0 Å². The van der Waals surface area contributed by atoms with Gasteiger partial charge in [-0.1, -0.05) is 39.7 Å². The van der Waals surface area contributed by atoms with Crippen LogP contribution in [0.4, 0.5) is 18.9 Å². The Hall–Kier alpha value is -4.14. The van der Waals surface area contributed by atoms with Crippen LogP contribution in [-0.4, -0.2) is 116 Å². The summed E-state index contributed by atoms with van der Waals surface area (Å²) in [5.74, 6) is -8.53. The molecule has 0 bridgehead atoms. The van der Waals surface area contributed by atoms with Crippen molar-refractivity contribution in [3.8, 4) is 0 Å². The predicted octanol–water partition coefficient (Wildman–Crippen LogP) is 3.31. The molecule has 0 radical (unpaired) electrons. The van der Waals surface area contributed by atoms with Crippen molar-refractivity contribution in [2.45, 2.75) is 76.8 Å². The van der Waals surface area contributed by atoms with Gasteiger partial charge in [0, 0.05) is 57.3 Å². The molecule has 2 aliphatic heterocycles. The number of nitrogens with one attached hydrogen (secondary N) is 3. The van der Waals surface area contributed by atoms with Crippen molar-refractivity contribution >= 4 is 35.3 Å². The molecule has 12 nitrogen and oxygen atoms in total. The van der Waals surface area contributed by atoms with Crippen molar-refractivity contribution in [3.63, 3.8) is 0 Å². The second-order valence-electron chi connectivity index (χ2n) is 13.7. The number of aliphatic imine (C=N–C) groups is 1. The topological polar surface area (TPSA) is 136 Å². The SMILES string of the molecule is CCC(=O)N[C@@H](C(=O)N1CCN(C)CC1)[C@@H](C)c1ccc(NC(=O)[C@@H](NC(=O)C(F)(F)C2=CN=C(OC)N(C)C2)C2CCC(C)CC2)c(F)c1. The molecular weight excluding hydrogens is 655 g/mol. The second kappa shape index (κ2) is 16.7. The van der Waals surface area contributed by atoms with Crippen LogP contribution < -0.4 is 16.0 Å². The molecule has 1 aromatic rings. The molecular formula is C35H50F3N7O5. The van der Waals surface area contributed by atoms with Gasteiger partial charge in [0.2, 0.25) is 17.7 Å². The molecule has 15 heteroatoms. The summed E-state index contributed by atoms with van der Waals surface area (Å²) < 4.78 is 51.6. The summed E-state index contributed by atoms with van der Waals surface area (Å²) in [5, 5.41) is 7.59. The Kier molecular flexibility index (Phi) is 12.9. The van der Waals surface area contributed by atoms with E-state index in [1.807, 2.05) is 7.05 Å². The minimum atomic E-state index is -3.98. The van der Waals surface area contributed by atoms with Gasteiger partial charge in [0.05, 0.1) is 19.3 Å². The van der Waals surface area contributed by atoms with Gasteiger partial charge in [-0.15, -0.1) is 0 Å². The van der Waals surface area contributed by atoms with Crippen molar-refractivity contribution in [3.05, 3.63) is 41.4 Å². The number of nitrogens with zero attached hydrogens (tertiary/aromatic N) is 4. The summed E-state index contributed by atoms with van der Waals surface area (Å²) in [5.41, 5.74) is -0.358. The summed E-state index contributed by atoms with van der Waals surface area (Å²) in [6, 6.07) is 1.90. The van der Waals surface area contributed by atoms with E-state index in [-0.39, 0.29) is 36.5 Å². The van der Waals surface area contributed by atoms with E-state index in [0.29, 0.717) is 50.5 Å². The first-order valence-electron chi connectivity index (χ1n) is 17.2. The van der Waals surface area contributed by atoms with Crippen LogP contribution in [0.1, 0.15) is 64.4 Å². The molecule has 3 N–H and O–H groups in total. The van der Waals surface area contributed by atoms with Crippen LogP contribution in [0, 0.1) is 17.7 Å². The summed E-state index contributed by atoms with van der Waals surface area (Å²) in [4.78, 5) is 61.8. The van der Waals surface area contributed by atoms with Crippen LogP contribution in [0.15, 0.2) is 35.0 Å². The first kappa shape index (κ1) is 38.7. The van der Waals surface area contributed by atoms with Crippen molar-refractivity contribution in [2.24, 2.45) is 16.8 Å². The first-order chi connectivity index (χ1) is 23.7. The van der Waals surface area contributed by atoms with E-state index in [1.54, 1.807) is 24.8 Å². The third-order valence-electron chi connectivity index (χ3n) is 10.0. The molecule has 0 unspecified atom stereocenters. The number of likely N-dealkylation sites (N-methyl/N-ethyl adjacent to an activating group) is 2. The summed E-state index contributed by atoms with van der Waals surface area (Å²) in [7, 11) is 4.81. The minimum Gasteiger partial charge on any atom is -0.468 e. The average molecular weight is 706 g/mol. The summed E-state index contributed by atoms with van der Waals surface area (Å²) in [6.07, 6.45) is 3.58. The number of hydrogen-bond donors (Lipinski definition) is 3. The smallest absolute Gasteiger partial charge is 0.349 e. The molecule has 1 saturated carbocycles. The highest BCUT2D eigenvalue weighted by molar-refractivity contribution is 5.99. The van der Waals surface area contributed by atoms with E-state index in [0.717, 1.165) is 19.0 Å². The zero-order valence-electron chi connectivity index (χ0n) is 29.7. The van der Waals surface area contributed by atoms with Crippen molar-refractivity contribution in [1.82, 2.24) is 25.3 Å². The standard InChI is InChI=1S/C35H50F3N7O5/c1-7-28(46)41-29(32(48)45-16-14-43(4)15-17-45)22(3)24-12-13-27(26(36)18-24)40-31(47)30(23-10-8-21(2)9-11-23)42-33(49)35(37,38)25-19-39-34(50-6)44(5)20-25/h12-13,18-19,21-23,29-30H,7-11,14-17,20H2,1-6H3,(H,40,47)(H,41,46)(H,42,49)/t21?,22-,23?,29+,30-/m0/s1. The number of anilines is 1. The van der Waals surface area contributed by atoms with Gasteiger partial charge in [-0.2, -0.15) is 8.78 Å². The molecule has 3 atom stereocenters. The molecule has 1 aromatic carbocycles. The number of carbonyl (C=O) groups is 4. The monoisotopic (exact) mass is 705 g/mol. The highest BCUT2D eigenvalue weighted by Gasteiger charge is 2.47. The Morgan fingerprint density at radius 1 is 1.04 bits per heavy atom. The molecule has 2 fully saturated rings. The number of hydrogen-bond acceptors (Lipinski definition) is 8. The fourth-order valence-electron chi connectivity index (χ4n) is 6.60. The number of piperazine rings is 1. The molecule has 0 spiro atoms. The number of benzene rings is 1. The van der Waals surface area contributed by atoms with E-state index in [2.05, 4.69) is 32.8 Å². The fraction of sp³-hybridized carbons (Fsp3) is 0.629. The molecule has 276 valence electrons. The van der Waals surface area contributed by atoms with Crippen LogP contribution >= 0.6 is 0 Å². The highest BCUT2D eigenvalue weighted by Crippen LogP contribution is 2.33. The van der Waals surface area contributed by atoms with E-state index in [1.165, 1.54) is 31.2 Å². The Balaban J connectivity index is 1.53. The number of methoxy groups -OCH3 is 1. The maximum atomic E-state index is 15.7. The average Bonchev–Trinajstić information content (AvgIpc) is 3.10. The van der Waals surface area contributed by atoms with Crippen LogP contribution in [0.25, 0.3) is 0 Å². The summed E-state index contributed by atoms with van der Waals surface area (Å²) in [6.45, 7) is 7.53. The third kappa shape index (κ3) is 9.15. The molecule has 0 aromatic heterocycles. The number of halogens is 3. The normalized spacial score (nSPS) is 22.0. The Labute approximate surface area is 291 Å². The van der Waals surface area contributed by atoms with Gasteiger partial charge < -0.3 is 35.4 Å². The first-order valence-corrected chi connectivity index (χ1v) is 17.2. The number of carbonyl (C=O) groups excluding carboxylic acids is 4. The van der Waals surface area contributed by atoms with Gasteiger partial charge in [0.15, 0.2) is 0 Å². The quantitative estimate of drug-likeness (QED) is 0.322. The third-order valence-corrected chi connectivity index (χ3v) is 10.0. The van der Waals surface area contributed by atoms with Crippen molar-refractivity contribution < 1.29 is 37.1 Å². The number of alkyl halides is 2. The molecule has 3 aliphatic rings. The van der Waals surface area contributed by atoms with Gasteiger partial charge in [-0.05, 0) is 49.4 Å². The number of amidine groups is 1. The van der Waals surface area contributed by atoms with Crippen LogP contribution in [0.5, 0.6) is 0 Å². The highest BCUT2D eigenvalue weighted by atomic mass is 19.3. The van der Waals surface area contributed by atoms with Gasteiger partial charge in [-0.3, -0.25) is 19.2 Å². The van der Waals surface area contributed by atoms with Crippen molar-refractivity contribution in [2.75, 3.05) is 59.2 Å². The predicted molar refractivity (Wildman–Crippen MR) is 183 cm³/mol. The largest absolute Gasteiger partial charge is 0.468 e. The molecule has 2 heterocycles. The molecule has 50 heavy (non-hydrogen) atoms. The lowest BCUT2D eigenvalue weighted by Gasteiger charge is -2.36. The molecule has 1 saturated heterocycles. The van der Waals surface area contributed by atoms with Gasteiger partial charge >= 0.3 is 5.92 Å². The molecule has 1 aliphatic carbocycles. The number of amides is 4. The lowest BCUT2D eigenvalue weighted by atomic mass is 9.79. The van der Waals surface area contributed by atoms with E-state index < -0.39 is 53.0 Å². The summed E-state index contributed by atoms with van der Waals surface area (Å²) >= 11 is 0. The maximum absolute atomic E-state index is 15.7. The van der Waals surface area contributed by atoms with Crippen LogP contribution in [0.3, 0.4) is 0 Å². The Morgan fingerprint density at radius 2 is 1.70 bits per heavy atom. The Morgan fingerprint density at radius 3 is 2.28 bits per heavy atom. The number of rotatable bonds is 11.